The van der Waals surface area contributed by atoms with Crippen molar-refractivity contribution in [1.29, 1.82) is 5.26 Å². The normalized spacial score (nSPS) is 18.1. The summed E-state index contributed by atoms with van der Waals surface area (Å²) in [7, 11) is 0. The lowest BCUT2D eigenvalue weighted by Crippen LogP contribution is -2.35. The highest BCUT2D eigenvalue weighted by molar-refractivity contribution is 5.87. The van der Waals surface area contributed by atoms with Crippen LogP contribution in [0.3, 0.4) is 0 Å². The minimum atomic E-state index is -1.32. The number of aromatic carboxylic acids is 1. The molecular weight excluding hydrogens is 1710 g/mol. The summed E-state index contributed by atoms with van der Waals surface area (Å²) in [5, 5.41) is 39.8. The first-order valence-electron chi connectivity index (χ1n) is 51.2. The minimum absolute atomic E-state index is 0.0357. The molecule has 6 N–H and O–H groups in total. The standard InChI is InChI=1S/C19H21NO4.C18H27NO2.C16H22O2.C16H20O2.C14H18O2.C13H19N.C12H13N.C12H14O/c21-16-13-20(12-15(17(16)22)18(23)24)11-10-19(8-4-5-9-19)14-6-2-1-3-7-14;1-17(2,3)21-16(20)19-14-13-18(11-7-8-12-18)15-9-5-4-6-10-15;2*1-2-18-15(17)10-13-16(11-6-7-12-16)14-8-4-3-5-9-14;15-13(16)8-11-14(9-4-5-10-14)12-6-2-1-3-7-12;14-11-10-13(8-4-5-9-13)12-6-2-1-3-7-12;2*13-10-12(8-4-5-9-12)11-6-2-1-3-7-11/h1-3,6-7,12-13,21H,4-5,8-11H2,(H,23,24);4-6,9-10H,7-8,11-14H2,1-3H3,(H,19,20);3-5,8-9H,2,6-7,10-13H2,1H3;3-5,8-10,13H,2,6-7,11-12H2,1H3;1-3,6-7H,4-5,8-11H2,(H,15,16);1-3,6-7H,4-5,8-11,14H2;1-3,6-7H,4-5,8-9H2;1-3,6-7,10H,4-5,8-9H2/b;;;13-10+;;;;. The summed E-state index contributed by atoms with van der Waals surface area (Å²) in [6, 6.07) is 86.4. The van der Waals surface area contributed by atoms with Crippen LogP contribution in [0.25, 0.3) is 0 Å². The van der Waals surface area contributed by atoms with Gasteiger partial charge in [-0.15, -0.1) is 0 Å². The highest BCUT2D eigenvalue weighted by Crippen LogP contribution is 2.50. The fourth-order valence-corrected chi connectivity index (χ4v) is 23.0. The number of hydrogen-bond acceptors (Lipinski definition) is 13. The molecule has 8 aromatic carbocycles. The fraction of sp³-hybridized carbons (Fsp3) is 0.483. The van der Waals surface area contributed by atoms with Crippen molar-refractivity contribution >= 4 is 36.3 Å². The molecule has 1 heterocycles. The Bertz CT molecular complexity index is 5200. The number of nitrogens with zero attached hydrogens (tertiary/aromatic N) is 2. The number of carboxylic acid groups (broad SMARTS) is 2. The number of carbonyl (C=O) groups excluding carboxylic acids is 4. The number of benzene rings is 8. The lowest BCUT2D eigenvalue weighted by Gasteiger charge is -2.30. The van der Waals surface area contributed by atoms with Gasteiger partial charge in [0.15, 0.2) is 5.75 Å². The summed E-state index contributed by atoms with van der Waals surface area (Å²) in [6.07, 6.45) is 50.9. The SMILES string of the molecule is CC(C)(C)OC(=O)NCCC1(c2ccccc2)CCCC1.CCOC(=O)/C=C/C1(c2ccccc2)CCCC1.CCOC(=O)CCC1(c2ccccc2)CCCC1.N#CC1(c2ccccc2)CCCC1.NCCC1(c2ccccc2)CCCC1.O=C(O)CCC1(c2ccccc2)CCCC1.O=C(O)c1cn(CCC2(c3ccccc3)CCCC2)cc(O)c1=O.O=CC1(c2ccccc2)CCCC1. The van der Waals surface area contributed by atoms with E-state index in [1.807, 2.05) is 107 Å². The molecule has 9 aromatic rings. The monoisotopic (exact) mass is 1860 g/mol. The van der Waals surface area contributed by atoms with Gasteiger partial charge in [-0.25, -0.2) is 14.4 Å². The molecule has 17 nitrogen and oxygen atoms in total. The summed E-state index contributed by atoms with van der Waals surface area (Å²) in [5.41, 5.74) is 15.5. The molecule has 8 fully saturated rings. The molecular formula is C120H154N4O13. The van der Waals surface area contributed by atoms with Gasteiger partial charge in [0.1, 0.15) is 17.5 Å². The predicted molar refractivity (Wildman–Crippen MR) is 549 cm³/mol. The molecule has 8 saturated carbocycles. The number of rotatable bonds is 28. The topological polar surface area (TPSA) is 275 Å². The van der Waals surface area contributed by atoms with Crippen LogP contribution in [-0.2, 0) is 83.3 Å². The number of carbonyl (C=O) groups is 6. The average Bonchev–Trinajstić information content (AvgIpc) is 1.75. The lowest BCUT2D eigenvalue weighted by atomic mass is 9.75. The first-order chi connectivity index (χ1) is 66.3. The van der Waals surface area contributed by atoms with E-state index < -0.39 is 34.3 Å². The van der Waals surface area contributed by atoms with Crippen LogP contribution >= 0.6 is 0 Å². The Balaban J connectivity index is 0.000000163. The van der Waals surface area contributed by atoms with Gasteiger partial charge in [0, 0.05) is 49.8 Å². The van der Waals surface area contributed by atoms with Crippen molar-refractivity contribution in [2.75, 3.05) is 26.3 Å². The Kier molecular flexibility index (Phi) is 42.4. The molecule has 0 atom stereocenters. The number of aryl methyl sites for hydroxylation is 1. The third-order valence-corrected chi connectivity index (χ3v) is 30.4. The van der Waals surface area contributed by atoms with Gasteiger partial charge >= 0.3 is 30.0 Å². The molecule has 0 saturated heterocycles. The quantitative estimate of drug-likeness (QED) is 0.0132. The number of aromatic hydroxyl groups is 1. The van der Waals surface area contributed by atoms with Crippen LogP contribution in [0.4, 0.5) is 4.79 Å². The maximum atomic E-state index is 11.7. The molecule has 8 aliphatic carbocycles. The van der Waals surface area contributed by atoms with Gasteiger partial charge < -0.3 is 49.9 Å². The van der Waals surface area contributed by atoms with Crippen molar-refractivity contribution in [3.05, 3.63) is 327 Å². The van der Waals surface area contributed by atoms with Gasteiger partial charge in [-0.05, 0) is 248 Å². The highest BCUT2D eigenvalue weighted by Gasteiger charge is 2.42. The Labute approximate surface area is 816 Å². The minimum Gasteiger partial charge on any atom is -0.503 e. The Hall–Kier alpha value is -11.5. The molecule has 8 aliphatic rings. The first kappa shape index (κ1) is 108. The first-order valence-corrected chi connectivity index (χ1v) is 51.2. The van der Waals surface area contributed by atoms with E-state index in [1.165, 1.54) is 198 Å². The molecule has 732 valence electrons. The third-order valence-electron chi connectivity index (χ3n) is 30.4. The van der Waals surface area contributed by atoms with E-state index in [2.05, 4.69) is 187 Å². The van der Waals surface area contributed by atoms with Crippen LogP contribution in [0.2, 0.25) is 0 Å². The second kappa shape index (κ2) is 54.0. The van der Waals surface area contributed by atoms with Crippen molar-refractivity contribution in [1.82, 2.24) is 9.88 Å². The Morgan fingerprint density at radius 3 is 1.09 bits per heavy atom. The molecule has 17 rings (SSSR count). The van der Waals surface area contributed by atoms with E-state index in [4.69, 9.17) is 30.2 Å². The number of alkyl carbamates (subject to hydrolysis) is 1. The number of allylic oxidation sites excluding steroid dienone is 1. The van der Waals surface area contributed by atoms with Crippen molar-refractivity contribution in [2.45, 2.75) is 340 Å². The van der Waals surface area contributed by atoms with E-state index in [0.29, 0.717) is 38.1 Å². The van der Waals surface area contributed by atoms with E-state index >= 15 is 0 Å². The zero-order valence-corrected chi connectivity index (χ0v) is 82.5. The molecule has 1 aromatic heterocycles. The Morgan fingerprint density at radius 1 is 0.423 bits per heavy atom. The van der Waals surface area contributed by atoms with E-state index in [1.54, 1.807) is 10.6 Å². The van der Waals surface area contributed by atoms with Crippen molar-refractivity contribution in [2.24, 2.45) is 5.73 Å². The summed E-state index contributed by atoms with van der Waals surface area (Å²) in [5.74, 6) is -2.81. The maximum Gasteiger partial charge on any atom is 0.407 e. The molecule has 0 radical (unpaired) electrons. The molecule has 17 heteroatoms. The number of pyridine rings is 1. The predicted octanol–water partition coefficient (Wildman–Crippen LogP) is 27.0. The largest absolute Gasteiger partial charge is 0.503 e. The lowest BCUT2D eigenvalue weighted by molar-refractivity contribution is -0.143. The summed E-state index contributed by atoms with van der Waals surface area (Å²) < 4.78 is 16.9. The van der Waals surface area contributed by atoms with Crippen molar-refractivity contribution in [3.8, 4) is 11.8 Å². The van der Waals surface area contributed by atoms with Crippen molar-refractivity contribution in [3.63, 3.8) is 0 Å². The van der Waals surface area contributed by atoms with E-state index in [0.717, 1.165) is 109 Å². The van der Waals surface area contributed by atoms with Crippen LogP contribution in [0.1, 0.15) is 340 Å². The van der Waals surface area contributed by atoms with Gasteiger partial charge in [-0.2, -0.15) is 5.26 Å². The number of nitriles is 1. The number of amides is 1. The van der Waals surface area contributed by atoms with Crippen molar-refractivity contribution < 1.29 is 58.3 Å². The summed E-state index contributed by atoms with van der Waals surface area (Å²) in [6.45, 7) is 12.3. The van der Waals surface area contributed by atoms with E-state index in [-0.39, 0.29) is 62.4 Å². The third kappa shape index (κ3) is 31.3. The average molecular weight is 1860 g/mol. The number of aliphatic carboxylic acids is 1. The van der Waals surface area contributed by atoms with Crippen LogP contribution in [0.15, 0.2) is 272 Å². The molecule has 0 bridgehead atoms. The zero-order valence-electron chi connectivity index (χ0n) is 82.5. The van der Waals surface area contributed by atoms with Crippen LogP contribution in [-0.4, -0.2) is 88.0 Å². The second-order valence-corrected chi connectivity index (χ2v) is 40.3. The number of hydrogen-bond donors (Lipinski definition) is 5. The van der Waals surface area contributed by atoms with Crippen LogP contribution < -0.4 is 16.5 Å². The number of aldehydes is 1. The second-order valence-electron chi connectivity index (χ2n) is 40.3. The maximum absolute atomic E-state index is 11.7. The fourth-order valence-electron chi connectivity index (χ4n) is 23.0. The van der Waals surface area contributed by atoms with Gasteiger partial charge in [0.05, 0.1) is 30.1 Å². The van der Waals surface area contributed by atoms with Gasteiger partial charge in [0.2, 0.25) is 5.43 Å². The van der Waals surface area contributed by atoms with E-state index in [9.17, 15) is 43.9 Å². The number of esters is 2. The molecule has 0 spiro atoms. The van der Waals surface area contributed by atoms with Gasteiger partial charge in [0.25, 0.3) is 0 Å². The number of nitrogens with two attached hydrogens (primary N) is 1. The summed E-state index contributed by atoms with van der Waals surface area (Å²) in [4.78, 5) is 79.4. The highest BCUT2D eigenvalue weighted by atomic mass is 16.6. The summed E-state index contributed by atoms with van der Waals surface area (Å²) >= 11 is 0. The number of ether oxygens (including phenoxy) is 3. The van der Waals surface area contributed by atoms with Crippen LogP contribution in [0.5, 0.6) is 5.75 Å². The number of nitrogens with one attached hydrogen (secondary N) is 1. The molecule has 137 heavy (non-hydrogen) atoms. The molecule has 1 amide bonds. The zero-order chi connectivity index (χ0) is 97.8. The Morgan fingerprint density at radius 2 is 0.745 bits per heavy atom. The van der Waals surface area contributed by atoms with Crippen LogP contribution in [0, 0.1) is 11.3 Å². The molecule has 0 aliphatic heterocycles. The smallest absolute Gasteiger partial charge is 0.407 e. The number of carboxylic acids is 2. The molecule has 0 unspecified atom stereocenters. The number of aromatic nitrogens is 1. The van der Waals surface area contributed by atoms with Gasteiger partial charge in [-0.3, -0.25) is 14.4 Å². The van der Waals surface area contributed by atoms with Gasteiger partial charge in [-0.1, -0.05) is 351 Å².